The maximum Gasteiger partial charge on any atom is 0.460 e. The molecule has 0 fully saturated rings. The largest absolute Gasteiger partial charge is 0.460 e. The fourth-order valence-corrected chi connectivity index (χ4v) is 3.86. The van der Waals surface area contributed by atoms with Crippen molar-refractivity contribution in [1.29, 1.82) is 0 Å². The van der Waals surface area contributed by atoms with Gasteiger partial charge in [-0.1, -0.05) is 29.3 Å². The number of non-ortho nitro benzene ring substituents is 1. The van der Waals surface area contributed by atoms with Gasteiger partial charge in [0.05, 0.1) is 20.7 Å². The van der Waals surface area contributed by atoms with E-state index in [0.717, 1.165) is 24.3 Å². The number of thioether (sulfide) groups is 1. The summed E-state index contributed by atoms with van der Waals surface area (Å²) in [5.74, 6) is -15.0. The van der Waals surface area contributed by atoms with Crippen molar-refractivity contribution in [1.82, 2.24) is 0 Å². The van der Waals surface area contributed by atoms with E-state index < -0.39 is 72.2 Å². The minimum absolute atomic E-state index is 0.264. The summed E-state index contributed by atoms with van der Waals surface area (Å²) in [5.41, 5.74) is -1.21. The molecule has 0 spiro atoms. The van der Waals surface area contributed by atoms with Gasteiger partial charge in [0.1, 0.15) is 0 Å². The Balaban J connectivity index is 2.33. The quantitative estimate of drug-likeness (QED) is 0.163. The van der Waals surface area contributed by atoms with Gasteiger partial charge in [0.15, 0.2) is 0 Å². The summed E-state index contributed by atoms with van der Waals surface area (Å²) in [4.78, 5) is 21.2. The second-order valence-corrected chi connectivity index (χ2v) is 8.29. The highest BCUT2D eigenvalue weighted by Crippen LogP contribution is 2.58. The number of rotatable bonds is 7. The van der Waals surface area contributed by atoms with Gasteiger partial charge in [0.25, 0.3) is 11.6 Å². The molecule has 2 rings (SSSR count). The number of nitro benzene ring substituents is 1. The highest BCUT2D eigenvalue weighted by Gasteiger charge is 2.82. The number of halogens is 11. The Kier molecular flexibility index (Phi) is 7.65. The van der Waals surface area contributed by atoms with E-state index in [4.69, 9.17) is 23.2 Å². The first-order valence-corrected chi connectivity index (χ1v) is 9.83. The Morgan fingerprint density at radius 3 is 1.91 bits per heavy atom. The van der Waals surface area contributed by atoms with Gasteiger partial charge in [-0.15, -0.1) is 0 Å². The fraction of sp³-hybridized carbons (Fsp3) is 0.235. The first-order chi connectivity index (χ1) is 15.3. The van der Waals surface area contributed by atoms with Crippen molar-refractivity contribution in [3.63, 3.8) is 0 Å². The normalized spacial score (nSPS) is 13.0. The number of anilines is 1. The SMILES string of the molecule is O=C(Nc1c(Cl)cc(SC(F)(F)C(F)(F)C(F)(F)C(F)(F)F)cc1Cl)c1cccc([N+](=O)[O-])c1. The van der Waals surface area contributed by atoms with Crippen LogP contribution in [-0.4, -0.2) is 34.1 Å². The van der Waals surface area contributed by atoms with Crippen LogP contribution >= 0.6 is 35.0 Å². The monoisotopic (exact) mass is 560 g/mol. The van der Waals surface area contributed by atoms with E-state index in [2.05, 4.69) is 5.32 Å². The zero-order chi connectivity index (χ0) is 26.3. The molecule has 0 radical (unpaired) electrons. The molecule has 0 saturated carbocycles. The fourth-order valence-electron chi connectivity index (χ4n) is 2.25. The van der Waals surface area contributed by atoms with E-state index in [9.17, 15) is 54.4 Å². The smallest absolute Gasteiger partial charge is 0.319 e. The zero-order valence-electron chi connectivity index (χ0n) is 15.7. The van der Waals surface area contributed by atoms with E-state index in [1.54, 1.807) is 0 Å². The molecule has 0 heterocycles. The van der Waals surface area contributed by atoms with Crippen LogP contribution in [0.3, 0.4) is 0 Å². The number of hydrogen-bond acceptors (Lipinski definition) is 4. The summed E-state index contributed by atoms with van der Waals surface area (Å²) in [6, 6.07) is 5.16. The Morgan fingerprint density at radius 1 is 0.912 bits per heavy atom. The van der Waals surface area contributed by atoms with Gasteiger partial charge in [0, 0.05) is 22.6 Å². The third kappa shape index (κ3) is 5.30. The molecule has 2 aromatic carbocycles. The molecule has 186 valence electrons. The van der Waals surface area contributed by atoms with Crippen molar-refractivity contribution >= 4 is 52.2 Å². The molecule has 0 aromatic heterocycles. The van der Waals surface area contributed by atoms with Crippen molar-refractivity contribution in [2.75, 3.05) is 5.32 Å². The van der Waals surface area contributed by atoms with Crippen LogP contribution in [0.5, 0.6) is 0 Å². The van der Waals surface area contributed by atoms with Crippen LogP contribution in [0.15, 0.2) is 41.3 Å². The molecular weight excluding hydrogens is 554 g/mol. The third-order valence-electron chi connectivity index (χ3n) is 3.94. The van der Waals surface area contributed by atoms with Crippen LogP contribution in [-0.2, 0) is 0 Å². The van der Waals surface area contributed by atoms with E-state index in [1.807, 2.05) is 0 Å². The highest BCUT2D eigenvalue weighted by atomic mass is 35.5. The van der Waals surface area contributed by atoms with Gasteiger partial charge in [0.2, 0.25) is 0 Å². The molecule has 1 N–H and O–H groups in total. The van der Waals surface area contributed by atoms with E-state index >= 15 is 0 Å². The molecular formula is C17H7Cl2F9N2O3S. The van der Waals surface area contributed by atoms with Gasteiger partial charge in [-0.25, -0.2) is 0 Å². The lowest BCUT2D eigenvalue weighted by Crippen LogP contribution is -2.59. The Hall–Kier alpha value is -2.39. The molecule has 0 aliphatic heterocycles. The predicted molar refractivity (Wildman–Crippen MR) is 104 cm³/mol. The van der Waals surface area contributed by atoms with E-state index in [1.165, 1.54) is 0 Å². The van der Waals surface area contributed by atoms with E-state index in [0.29, 0.717) is 12.1 Å². The summed E-state index contributed by atoms with van der Waals surface area (Å²) in [7, 11) is 0. The minimum atomic E-state index is -7.07. The molecule has 0 saturated heterocycles. The second-order valence-electron chi connectivity index (χ2n) is 6.29. The van der Waals surface area contributed by atoms with Crippen LogP contribution in [0.2, 0.25) is 10.0 Å². The van der Waals surface area contributed by atoms with Gasteiger partial charge in [-0.05, 0) is 30.0 Å². The highest BCUT2D eigenvalue weighted by molar-refractivity contribution is 8.00. The third-order valence-corrected chi connectivity index (χ3v) is 5.52. The summed E-state index contributed by atoms with van der Waals surface area (Å²) in [5, 5.41) is 5.52. The summed E-state index contributed by atoms with van der Waals surface area (Å²) < 4.78 is 117. The standard InChI is InChI=1S/C17H7Cl2F9N2O3S/c18-10-5-9(34-17(27,28)15(22,23)14(20,21)16(24,25)26)6-11(19)12(10)29-13(31)7-2-1-3-8(4-7)30(32)33/h1-6H,(H,29,31). The number of nitro groups is 1. The Bertz CT molecular complexity index is 1110. The molecule has 34 heavy (non-hydrogen) atoms. The lowest BCUT2D eigenvalue weighted by atomic mass is 10.1. The molecule has 0 bridgehead atoms. The number of hydrogen-bond donors (Lipinski definition) is 1. The molecule has 0 aliphatic rings. The number of nitrogens with zero attached hydrogens (tertiary/aromatic N) is 1. The molecule has 2 aromatic rings. The van der Waals surface area contributed by atoms with Crippen LogP contribution in [0.1, 0.15) is 10.4 Å². The first-order valence-electron chi connectivity index (χ1n) is 8.26. The average molecular weight is 561 g/mol. The lowest BCUT2D eigenvalue weighted by molar-refractivity contribution is -0.384. The Labute approximate surface area is 197 Å². The molecule has 0 aliphatic carbocycles. The predicted octanol–water partition coefficient (Wildman–Crippen LogP) is 7.67. The van der Waals surface area contributed by atoms with Crippen molar-refractivity contribution in [3.05, 3.63) is 62.1 Å². The van der Waals surface area contributed by atoms with Gasteiger partial charge >= 0.3 is 23.3 Å². The van der Waals surface area contributed by atoms with Crippen molar-refractivity contribution in [2.45, 2.75) is 28.2 Å². The number of carbonyl (C=O) groups is 1. The zero-order valence-corrected chi connectivity index (χ0v) is 18.0. The molecule has 0 unspecified atom stereocenters. The number of carbonyl (C=O) groups excluding carboxylic acids is 1. The van der Waals surface area contributed by atoms with Crippen molar-refractivity contribution < 1.29 is 49.2 Å². The lowest BCUT2D eigenvalue weighted by Gasteiger charge is -2.33. The van der Waals surface area contributed by atoms with Gasteiger partial charge in [-0.3, -0.25) is 14.9 Å². The second kappa shape index (κ2) is 9.34. The van der Waals surface area contributed by atoms with Crippen molar-refractivity contribution in [3.8, 4) is 0 Å². The maximum absolute atomic E-state index is 13.8. The average Bonchev–Trinajstić information content (AvgIpc) is 2.69. The summed E-state index contributed by atoms with van der Waals surface area (Å²) in [6.45, 7) is 0. The van der Waals surface area contributed by atoms with E-state index in [-0.39, 0.29) is 5.56 Å². The van der Waals surface area contributed by atoms with Gasteiger partial charge < -0.3 is 5.32 Å². The van der Waals surface area contributed by atoms with Crippen LogP contribution in [0.25, 0.3) is 0 Å². The number of benzene rings is 2. The van der Waals surface area contributed by atoms with Crippen molar-refractivity contribution in [2.24, 2.45) is 0 Å². The molecule has 1 amide bonds. The molecule has 0 atom stereocenters. The first kappa shape index (κ1) is 27.9. The Morgan fingerprint density at radius 2 is 1.44 bits per heavy atom. The maximum atomic E-state index is 13.8. The van der Waals surface area contributed by atoms with Crippen LogP contribution in [0.4, 0.5) is 50.9 Å². The summed E-state index contributed by atoms with van der Waals surface area (Å²) >= 11 is 10.2. The number of alkyl halides is 9. The molecule has 17 heteroatoms. The van der Waals surface area contributed by atoms with Crippen LogP contribution in [0, 0.1) is 10.1 Å². The minimum Gasteiger partial charge on any atom is -0.319 e. The number of nitrogens with one attached hydrogen (secondary N) is 1. The topological polar surface area (TPSA) is 72.2 Å². The van der Waals surface area contributed by atoms with Crippen LogP contribution < -0.4 is 5.32 Å². The number of amides is 1. The summed E-state index contributed by atoms with van der Waals surface area (Å²) in [6.07, 6.45) is -6.98. The van der Waals surface area contributed by atoms with Gasteiger partial charge in [-0.2, -0.15) is 39.5 Å². The molecule has 5 nitrogen and oxygen atoms in total.